The molecule has 4 nitrogen and oxygen atoms in total. The van der Waals surface area contributed by atoms with Crippen LogP contribution in [0.1, 0.15) is 6.42 Å². The van der Waals surface area contributed by atoms with Crippen molar-refractivity contribution in [3.8, 4) is 5.75 Å². The highest BCUT2D eigenvalue weighted by molar-refractivity contribution is 7.99. The van der Waals surface area contributed by atoms with Crippen LogP contribution in [-0.4, -0.2) is 35.2 Å². The van der Waals surface area contributed by atoms with E-state index < -0.39 is 12.0 Å². The second-order valence-corrected chi connectivity index (χ2v) is 5.84. The highest BCUT2D eigenvalue weighted by Gasteiger charge is 2.10. The van der Waals surface area contributed by atoms with E-state index in [1.54, 1.807) is 30.0 Å². The first-order valence-electron chi connectivity index (χ1n) is 5.64. The van der Waals surface area contributed by atoms with Gasteiger partial charge in [-0.1, -0.05) is 23.2 Å². The van der Waals surface area contributed by atoms with Gasteiger partial charge in [-0.2, -0.15) is 11.8 Å². The van der Waals surface area contributed by atoms with Crippen LogP contribution in [-0.2, 0) is 4.79 Å². The molecule has 0 bridgehead atoms. The Morgan fingerprint density at radius 2 is 2.16 bits per heavy atom. The van der Waals surface area contributed by atoms with Crippen LogP contribution in [0.15, 0.2) is 18.2 Å². The topological polar surface area (TPSA) is 72.5 Å². The second-order valence-electron chi connectivity index (χ2n) is 3.77. The Morgan fingerprint density at radius 1 is 1.42 bits per heavy atom. The number of rotatable bonds is 8. The zero-order chi connectivity index (χ0) is 14.3. The van der Waals surface area contributed by atoms with Gasteiger partial charge in [0.25, 0.3) is 0 Å². The fraction of sp³-hybridized carbons (Fsp3) is 0.417. The molecule has 0 aromatic heterocycles. The number of ether oxygens (including phenoxy) is 1. The van der Waals surface area contributed by atoms with Crippen LogP contribution in [0, 0.1) is 0 Å². The fourth-order valence-corrected chi connectivity index (χ4v) is 2.53. The molecular formula is C12H15Cl2NO3S. The molecule has 0 fully saturated rings. The number of hydrogen-bond acceptors (Lipinski definition) is 4. The van der Waals surface area contributed by atoms with Crippen molar-refractivity contribution in [1.82, 2.24) is 0 Å². The Hall–Kier alpha value is -0.620. The lowest BCUT2D eigenvalue weighted by Gasteiger charge is -2.09. The van der Waals surface area contributed by atoms with Crippen LogP contribution in [0.25, 0.3) is 0 Å². The van der Waals surface area contributed by atoms with Crippen molar-refractivity contribution in [3.05, 3.63) is 28.2 Å². The van der Waals surface area contributed by atoms with E-state index in [1.807, 2.05) is 0 Å². The minimum atomic E-state index is -0.968. The molecule has 19 heavy (non-hydrogen) atoms. The van der Waals surface area contributed by atoms with E-state index in [-0.39, 0.29) is 0 Å². The lowest BCUT2D eigenvalue weighted by atomic mass is 10.2. The molecule has 0 heterocycles. The Balaban J connectivity index is 2.16. The number of thioether (sulfide) groups is 1. The molecule has 1 rings (SSSR count). The number of aliphatic carboxylic acids is 1. The van der Waals surface area contributed by atoms with E-state index in [0.717, 1.165) is 5.75 Å². The zero-order valence-corrected chi connectivity index (χ0v) is 12.5. The first kappa shape index (κ1) is 16.4. The number of carbonyl (C=O) groups is 1. The predicted octanol–water partition coefficient (Wildman–Crippen LogP) is 2.91. The number of carboxylic acid groups (broad SMARTS) is 1. The smallest absolute Gasteiger partial charge is 0.320 e. The maximum atomic E-state index is 10.5. The Morgan fingerprint density at radius 3 is 2.79 bits per heavy atom. The Kier molecular flexibility index (Phi) is 7.38. The van der Waals surface area contributed by atoms with E-state index >= 15 is 0 Å². The van der Waals surface area contributed by atoms with E-state index in [4.69, 9.17) is 38.8 Å². The average Bonchev–Trinajstić information content (AvgIpc) is 2.35. The van der Waals surface area contributed by atoms with Crippen molar-refractivity contribution in [2.75, 3.05) is 18.1 Å². The standard InChI is InChI=1S/C12H15Cl2NO3S/c13-8-1-2-11(9(14)7-8)18-4-6-19-5-3-10(15)12(16)17/h1-2,7,10H,3-6,15H2,(H,16,17). The summed E-state index contributed by atoms with van der Waals surface area (Å²) in [7, 11) is 0. The van der Waals surface area contributed by atoms with Crippen molar-refractivity contribution < 1.29 is 14.6 Å². The van der Waals surface area contributed by atoms with Gasteiger partial charge in [0, 0.05) is 10.8 Å². The molecule has 106 valence electrons. The summed E-state index contributed by atoms with van der Waals surface area (Å²) in [6.45, 7) is 0.494. The fourth-order valence-electron chi connectivity index (χ4n) is 1.24. The molecule has 0 aliphatic heterocycles. The van der Waals surface area contributed by atoms with Crippen molar-refractivity contribution in [3.63, 3.8) is 0 Å². The first-order chi connectivity index (χ1) is 9.00. The average molecular weight is 324 g/mol. The molecular weight excluding hydrogens is 309 g/mol. The summed E-state index contributed by atoms with van der Waals surface area (Å²) in [4.78, 5) is 10.5. The molecule has 0 saturated carbocycles. The highest BCUT2D eigenvalue weighted by atomic mass is 35.5. The van der Waals surface area contributed by atoms with E-state index in [1.165, 1.54) is 0 Å². The molecule has 1 aromatic carbocycles. The van der Waals surface area contributed by atoms with Gasteiger partial charge in [-0.25, -0.2) is 0 Å². The third-order valence-corrected chi connectivity index (χ3v) is 3.78. The van der Waals surface area contributed by atoms with E-state index in [0.29, 0.717) is 34.6 Å². The van der Waals surface area contributed by atoms with Crippen LogP contribution >= 0.6 is 35.0 Å². The van der Waals surface area contributed by atoms with Crippen LogP contribution < -0.4 is 10.5 Å². The van der Waals surface area contributed by atoms with Gasteiger partial charge in [0.15, 0.2) is 0 Å². The molecule has 1 unspecified atom stereocenters. The van der Waals surface area contributed by atoms with Gasteiger partial charge >= 0.3 is 5.97 Å². The van der Waals surface area contributed by atoms with Crippen molar-refractivity contribution in [1.29, 1.82) is 0 Å². The van der Waals surface area contributed by atoms with Gasteiger partial charge < -0.3 is 15.6 Å². The maximum Gasteiger partial charge on any atom is 0.320 e. The monoisotopic (exact) mass is 323 g/mol. The quantitative estimate of drug-likeness (QED) is 0.719. The molecule has 1 aromatic rings. The maximum absolute atomic E-state index is 10.5. The van der Waals surface area contributed by atoms with Crippen LogP contribution in [0.2, 0.25) is 10.0 Å². The summed E-state index contributed by atoms with van der Waals surface area (Å²) < 4.78 is 5.49. The summed E-state index contributed by atoms with van der Waals surface area (Å²) in [5.41, 5.74) is 5.38. The molecule has 0 radical (unpaired) electrons. The summed E-state index contributed by atoms with van der Waals surface area (Å²) in [5, 5.41) is 9.64. The van der Waals surface area contributed by atoms with E-state index in [9.17, 15) is 4.79 Å². The number of carboxylic acids is 1. The van der Waals surface area contributed by atoms with E-state index in [2.05, 4.69) is 0 Å². The van der Waals surface area contributed by atoms with Gasteiger partial charge in [0.2, 0.25) is 0 Å². The van der Waals surface area contributed by atoms with Gasteiger partial charge in [0.1, 0.15) is 11.8 Å². The van der Waals surface area contributed by atoms with Gasteiger partial charge in [-0.15, -0.1) is 0 Å². The molecule has 0 saturated heterocycles. The Labute approximate surface area is 126 Å². The molecule has 0 spiro atoms. The van der Waals surface area contributed by atoms with Crippen LogP contribution in [0.4, 0.5) is 0 Å². The molecule has 3 N–H and O–H groups in total. The predicted molar refractivity (Wildman–Crippen MR) is 79.5 cm³/mol. The van der Waals surface area contributed by atoms with Crippen molar-refractivity contribution in [2.24, 2.45) is 5.73 Å². The van der Waals surface area contributed by atoms with Gasteiger partial charge in [0.05, 0.1) is 11.6 Å². The molecule has 7 heteroatoms. The van der Waals surface area contributed by atoms with Crippen molar-refractivity contribution >= 4 is 40.9 Å². The normalized spacial score (nSPS) is 12.2. The largest absolute Gasteiger partial charge is 0.491 e. The van der Waals surface area contributed by atoms with Crippen molar-refractivity contribution in [2.45, 2.75) is 12.5 Å². The van der Waals surface area contributed by atoms with Gasteiger partial charge in [-0.3, -0.25) is 4.79 Å². The summed E-state index contributed by atoms with van der Waals surface area (Å²) in [5.74, 6) is 1.05. The first-order valence-corrected chi connectivity index (χ1v) is 7.55. The summed E-state index contributed by atoms with van der Waals surface area (Å²) >= 11 is 13.3. The minimum absolute atomic E-state index is 0.446. The molecule has 0 amide bonds. The zero-order valence-electron chi connectivity index (χ0n) is 10.1. The number of hydrogen-bond donors (Lipinski definition) is 2. The highest BCUT2D eigenvalue weighted by Crippen LogP contribution is 2.27. The number of halogens is 2. The molecule has 0 aliphatic carbocycles. The number of benzene rings is 1. The minimum Gasteiger partial charge on any atom is -0.491 e. The number of nitrogens with two attached hydrogens (primary N) is 1. The third-order valence-electron chi connectivity index (χ3n) is 2.27. The van der Waals surface area contributed by atoms with Gasteiger partial charge in [-0.05, 0) is 30.4 Å². The van der Waals surface area contributed by atoms with Crippen LogP contribution in [0.3, 0.4) is 0 Å². The van der Waals surface area contributed by atoms with Crippen LogP contribution in [0.5, 0.6) is 5.75 Å². The molecule has 1 atom stereocenters. The molecule has 0 aliphatic rings. The SMILES string of the molecule is NC(CCSCCOc1ccc(Cl)cc1Cl)C(=O)O. The lowest BCUT2D eigenvalue weighted by molar-refractivity contribution is -0.138. The summed E-state index contributed by atoms with van der Waals surface area (Å²) in [6.07, 6.45) is 0.446. The Bertz CT molecular complexity index is 431. The lowest BCUT2D eigenvalue weighted by Crippen LogP contribution is -2.30. The third kappa shape index (κ3) is 6.38. The second kappa shape index (κ2) is 8.53. The summed E-state index contributed by atoms with van der Waals surface area (Å²) in [6, 6.07) is 4.26.